The molecule has 0 spiro atoms. The molecule has 0 aliphatic heterocycles. The minimum Gasteiger partial charge on any atom is -0.478 e. The van der Waals surface area contributed by atoms with Crippen LogP contribution in [0.4, 0.5) is 9.18 Å². The van der Waals surface area contributed by atoms with Crippen LogP contribution in [0.1, 0.15) is 24.2 Å². The number of urea groups is 1. The fraction of sp³-hybridized carbons (Fsp3) is 0.308. The quantitative estimate of drug-likeness (QED) is 0.721. The van der Waals surface area contributed by atoms with E-state index in [1.54, 1.807) is 6.92 Å². The Morgan fingerprint density at radius 1 is 1.38 bits per heavy atom. The van der Waals surface area contributed by atoms with Crippen LogP contribution >= 0.6 is 11.8 Å². The highest BCUT2D eigenvalue weighted by Gasteiger charge is 2.19. The number of halogens is 1. The van der Waals surface area contributed by atoms with Crippen LogP contribution in [0, 0.1) is 5.82 Å². The summed E-state index contributed by atoms with van der Waals surface area (Å²) in [5, 5.41) is 12.6. The number of benzene rings is 1. The average molecular weight is 314 g/mol. The highest BCUT2D eigenvalue weighted by molar-refractivity contribution is 8.00. The lowest BCUT2D eigenvalue weighted by Crippen LogP contribution is -2.42. The second kappa shape index (κ2) is 7.63. The summed E-state index contributed by atoms with van der Waals surface area (Å²) in [6.07, 6.45) is 0. The fourth-order valence-corrected chi connectivity index (χ4v) is 2.31. The van der Waals surface area contributed by atoms with Crippen LogP contribution in [0.25, 0.3) is 0 Å². The molecule has 3 N–H and O–H groups in total. The number of aromatic carboxylic acids is 1. The molecule has 1 aromatic rings. The molecule has 0 saturated carbocycles. The second-order valence-corrected chi connectivity index (χ2v) is 5.44. The summed E-state index contributed by atoms with van der Waals surface area (Å²) in [6, 6.07) is 2.69. The highest BCUT2D eigenvalue weighted by atomic mass is 32.2. The van der Waals surface area contributed by atoms with Gasteiger partial charge in [0.15, 0.2) is 0 Å². The molecule has 0 radical (unpaired) electrons. The van der Waals surface area contributed by atoms with Crippen LogP contribution in [0.2, 0.25) is 0 Å². The van der Waals surface area contributed by atoms with Crippen molar-refractivity contribution in [2.24, 2.45) is 0 Å². The van der Waals surface area contributed by atoms with Crippen molar-refractivity contribution in [1.29, 1.82) is 0 Å². The van der Waals surface area contributed by atoms with Gasteiger partial charge in [0.2, 0.25) is 5.91 Å². The first kappa shape index (κ1) is 17.0. The molecule has 0 fully saturated rings. The third kappa shape index (κ3) is 5.07. The fourth-order valence-electron chi connectivity index (χ4n) is 1.39. The van der Waals surface area contributed by atoms with Gasteiger partial charge in [-0.15, -0.1) is 11.8 Å². The molecule has 0 aliphatic rings. The monoisotopic (exact) mass is 314 g/mol. The maximum atomic E-state index is 13.6. The summed E-state index contributed by atoms with van der Waals surface area (Å²) in [5.41, 5.74) is -0.0739. The van der Waals surface area contributed by atoms with Gasteiger partial charge in [0, 0.05) is 11.4 Å². The largest absolute Gasteiger partial charge is 0.478 e. The molecule has 6 nitrogen and oxygen atoms in total. The van der Waals surface area contributed by atoms with Crippen LogP contribution in [0.5, 0.6) is 0 Å². The summed E-state index contributed by atoms with van der Waals surface area (Å²) in [5.74, 6) is -2.40. The number of rotatable bonds is 5. The Bertz CT molecular complexity index is 565. The topological polar surface area (TPSA) is 95.5 Å². The standard InChI is InChI=1S/C13H15FN2O4S/c1-3-15-13(20)16-11(17)7(2)21-10-6-8(12(18)19)4-5-9(10)14/h4-7H,3H2,1-2H3,(H,18,19)(H2,15,16,17,20). The molecular weight excluding hydrogens is 299 g/mol. The summed E-state index contributed by atoms with van der Waals surface area (Å²) in [6.45, 7) is 3.57. The summed E-state index contributed by atoms with van der Waals surface area (Å²) in [7, 11) is 0. The first-order chi connectivity index (χ1) is 9.85. The minimum atomic E-state index is -1.18. The molecule has 114 valence electrons. The number of thioether (sulfide) groups is 1. The molecular formula is C13H15FN2O4S. The molecule has 1 unspecified atom stereocenters. The predicted octanol–water partition coefficient (Wildman–Crippen LogP) is 1.85. The predicted molar refractivity (Wildman–Crippen MR) is 75.9 cm³/mol. The summed E-state index contributed by atoms with van der Waals surface area (Å²) < 4.78 is 13.6. The molecule has 8 heteroatoms. The van der Waals surface area contributed by atoms with Crippen LogP contribution in [-0.4, -0.2) is 34.8 Å². The summed E-state index contributed by atoms with van der Waals surface area (Å²) in [4.78, 5) is 33.8. The van der Waals surface area contributed by atoms with E-state index in [2.05, 4.69) is 10.6 Å². The molecule has 21 heavy (non-hydrogen) atoms. The van der Waals surface area contributed by atoms with Gasteiger partial charge in [-0.2, -0.15) is 0 Å². The van der Waals surface area contributed by atoms with E-state index >= 15 is 0 Å². The number of imide groups is 1. The lowest BCUT2D eigenvalue weighted by atomic mass is 10.2. The number of carboxylic acid groups (broad SMARTS) is 1. The van der Waals surface area contributed by atoms with Crippen molar-refractivity contribution in [2.45, 2.75) is 24.0 Å². The Morgan fingerprint density at radius 3 is 2.62 bits per heavy atom. The zero-order valence-corrected chi connectivity index (χ0v) is 12.3. The van der Waals surface area contributed by atoms with E-state index in [0.717, 1.165) is 30.0 Å². The van der Waals surface area contributed by atoms with Crippen LogP contribution in [0.15, 0.2) is 23.1 Å². The smallest absolute Gasteiger partial charge is 0.335 e. The third-order valence-electron chi connectivity index (χ3n) is 2.43. The summed E-state index contributed by atoms with van der Waals surface area (Å²) >= 11 is 0.840. The van der Waals surface area contributed by atoms with Gasteiger partial charge in [-0.1, -0.05) is 0 Å². The van der Waals surface area contributed by atoms with E-state index in [1.165, 1.54) is 6.92 Å². The first-order valence-electron chi connectivity index (χ1n) is 6.13. The lowest BCUT2D eigenvalue weighted by molar-refractivity contribution is -0.119. The van der Waals surface area contributed by atoms with Gasteiger partial charge in [0.25, 0.3) is 0 Å². The third-order valence-corrected chi connectivity index (χ3v) is 3.56. The van der Waals surface area contributed by atoms with Crippen molar-refractivity contribution in [2.75, 3.05) is 6.54 Å². The maximum Gasteiger partial charge on any atom is 0.335 e. The van der Waals surface area contributed by atoms with E-state index in [4.69, 9.17) is 5.11 Å². The lowest BCUT2D eigenvalue weighted by Gasteiger charge is -2.12. The zero-order chi connectivity index (χ0) is 16.0. The van der Waals surface area contributed by atoms with E-state index in [9.17, 15) is 18.8 Å². The minimum absolute atomic E-state index is 0.0356. The van der Waals surface area contributed by atoms with Gasteiger partial charge in [0.05, 0.1) is 10.8 Å². The SMILES string of the molecule is CCNC(=O)NC(=O)C(C)Sc1cc(C(=O)O)ccc1F. The zero-order valence-electron chi connectivity index (χ0n) is 11.5. The molecule has 1 aromatic carbocycles. The Labute approximate surface area is 125 Å². The van der Waals surface area contributed by atoms with Crippen LogP contribution in [0.3, 0.4) is 0 Å². The van der Waals surface area contributed by atoms with E-state index in [1.807, 2.05) is 0 Å². The van der Waals surface area contributed by atoms with Gasteiger partial charge in [-0.05, 0) is 32.0 Å². The van der Waals surface area contributed by atoms with Crippen molar-refractivity contribution >= 4 is 29.7 Å². The second-order valence-electron chi connectivity index (χ2n) is 4.06. The Kier molecular flexibility index (Phi) is 6.16. The van der Waals surface area contributed by atoms with E-state index in [0.29, 0.717) is 6.54 Å². The Morgan fingerprint density at radius 2 is 2.05 bits per heavy atom. The molecule has 1 rings (SSSR count). The van der Waals surface area contributed by atoms with Gasteiger partial charge >= 0.3 is 12.0 Å². The first-order valence-corrected chi connectivity index (χ1v) is 7.01. The number of amides is 3. The highest BCUT2D eigenvalue weighted by Crippen LogP contribution is 2.27. The van der Waals surface area contributed by atoms with Crippen molar-refractivity contribution in [1.82, 2.24) is 10.6 Å². The molecule has 0 aliphatic carbocycles. The van der Waals surface area contributed by atoms with Gasteiger partial charge in [-0.3, -0.25) is 10.1 Å². The molecule has 0 aromatic heterocycles. The van der Waals surface area contributed by atoms with Gasteiger partial charge in [-0.25, -0.2) is 14.0 Å². The van der Waals surface area contributed by atoms with Crippen LogP contribution in [-0.2, 0) is 4.79 Å². The Balaban J connectivity index is 2.76. The van der Waals surface area contributed by atoms with Gasteiger partial charge < -0.3 is 10.4 Å². The Hall–Kier alpha value is -2.09. The molecule has 0 bridgehead atoms. The van der Waals surface area contributed by atoms with Crippen LogP contribution < -0.4 is 10.6 Å². The van der Waals surface area contributed by atoms with E-state index < -0.39 is 29.0 Å². The van der Waals surface area contributed by atoms with Crippen molar-refractivity contribution < 1.29 is 23.9 Å². The molecule has 0 saturated heterocycles. The average Bonchev–Trinajstić information content (AvgIpc) is 2.40. The van der Waals surface area contributed by atoms with Gasteiger partial charge in [0.1, 0.15) is 5.82 Å². The van der Waals surface area contributed by atoms with Crippen molar-refractivity contribution in [3.63, 3.8) is 0 Å². The number of hydrogen-bond donors (Lipinski definition) is 3. The molecule has 0 heterocycles. The number of nitrogens with one attached hydrogen (secondary N) is 2. The van der Waals surface area contributed by atoms with E-state index in [-0.39, 0.29) is 10.5 Å². The normalized spacial score (nSPS) is 11.6. The van der Waals surface area contributed by atoms with Crippen molar-refractivity contribution in [3.8, 4) is 0 Å². The number of carboxylic acids is 1. The number of hydrogen-bond acceptors (Lipinski definition) is 4. The molecule has 1 atom stereocenters. The maximum absolute atomic E-state index is 13.6. The number of carbonyl (C=O) groups is 3. The molecule has 3 amide bonds. The number of carbonyl (C=O) groups excluding carboxylic acids is 2. The van der Waals surface area contributed by atoms with Crippen molar-refractivity contribution in [3.05, 3.63) is 29.6 Å².